The van der Waals surface area contributed by atoms with E-state index in [1.807, 2.05) is 13.0 Å². The molecule has 0 radical (unpaired) electrons. The van der Waals surface area contributed by atoms with Gasteiger partial charge in [0.2, 0.25) is 0 Å². The van der Waals surface area contributed by atoms with E-state index in [9.17, 15) is 14.7 Å². The van der Waals surface area contributed by atoms with Crippen LogP contribution in [0, 0.1) is 0 Å². The van der Waals surface area contributed by atoms with Gasteiger partial charge in [0.1, 0.15) is 5.76 Å². The number of aromatic nitrogens is 1. The Morgan fingerprint density at radius 2 is 2.16 bits per heavy atom. The second-order valence-corrected chi connectivity index (χ2v) is 9.01. The Bertz CT molecular complexity index is 828. The molecule has 3 rings (SSSR count). The van der Waals surface area contributed by atoms with E-state index < -0.39 is 11.6 Å². The third kappa shape index (κ3) is 3.25. The van der Waals surface area contributed by atoms with Crippen molar-refractivity contribution in [3.05, 3.63) is 44.1 Å². The minimum Gasteiger partial charge on any atom is -0.465 e. The van der Waals surface area contributed by atoms with E-state index in [0.29, 0.717) is 25.1 Å². The maximum absolute atomic E-state index is 11.8. The van der Waals surface area contributed by atoms with Crippen LogP contribution in [-0.2, 0) is 11.0 Å². The largest absolute Gasteiger partial charge is 0.465 e. The normalized spacial score (nSPS) is 24.5. The lowest BCUT2D eigenvalue weighted by atomic mass is 9.79. The average molecular weight is 364 g/mol. The van der Waals surface area contributed by atoms with E-state index in [2.05, 4.69) is 32.0 Å². The molecule has 6 nitrogen and oxygen atoms in total. The molecule has 2 aromatic heterocycles. The van der Waals surface area contributed by atoms with Crippen molar-refractivity contribution in [1.82, 2.24) is 10.1 Å². The molecular weight excluding hydrogens is 340 g/mol. The SMILES string of the molecule is CC(C)(C)c1ccc([C@@]2(C)C[C@@H](c3cc(=O)[nH]o3)CCN2C(=O)O)s1. The lowest BCUT2D eigenvalue weighted by molar-refractivity contribution is 0.0461. The molecule has 1 fully saturated rings. The Morgan fingerprint density at radius 3 is 2.68 bits per heavy atom. The summed E-state index contributed by atoms with van der Waals surface area (Å²) in [4.78, 5) is 27.0. The fourth-order valence-corrected chi connectivity index (χ4v) is 4.76. The lowest BCUT2D eigenvalue weighted by Gasteiger charge is -2.45. The van der Waals surface area contributed by atoms with Crippen LogP contribution in [0.15, 0.2) is 27.5 Å². The first-order valence-electron chi connectivity index (χ1n) is 8.41. The Hall–Kier alpha value is -2.02. The van der Waals surface area contributed by atoms with Gasteiger partial charge in [-0.05, 0) is 37.3 Å². The summed E-state index contributed by atoms with van der Waals surface area (Å²) in [6.45, 7) is 8.83. The quantitative estimate of drug-likeness (QED) is 0.840. The summed E-state index contributed by atoms with van der Waals surface area (Å²) in [5.74, 6) is 0.619. The molecular formula is C18H24N2O4S. The van der Waals surface area contributed by atoms with Gasteiger partial charge in [0.05, 0.1) is 5.54 Å². The molecule has 3 heterocycles. The number of carboxylic acid groups (broad SMARTS) is 1. The highest BCUT2D eigenvalue weighted by Gasteiger charge is 2.45. The van der Waals surface area contributed by atoms with Gasteiger partial charge in [0.15, 0.2) is 0 Å². The highest BCUT2D eigenvalue weighted by Crippen LogP contribution is 2.46. The molecule has 2 N–H and O–H groups in total. The number of nitrogens with one attached hydrogen (secondary N) is 1. The molecule has 1 saturated heterocycles. The van der Waals surface area contributed by atoms with Gasteiger partial charge in [0, 0.05) is 28.3 Å². The number of hydrogen-bond acceptors (Lipinski definition) is 4. The topological polar surface area (TPSA) is 86.5 Å². The molecule has 0 saturated carbocycles. The fraction of sp³-hybridized carbons (Fsp3) is 0.556. The number of H-pyrrole nitrogens is 1. The summed E-state index contributed by atoms with van der Waals surface area (Å²) in [6.07, 6.45) is 0.312. The third-order valence-corrected chi connectivity index (χ3v) is 6.76. The van der Waals surface area contributed by atoms with Gasteiger partial charge in [-0.15, -0.1) is 11.3 Å². The Morgan fingerprint density at radius 1 is 1.44 bits per heavy atom. The molecule has 0 spiro atoms. The first kappa shape index (κ1) is 17.8. The molecule has 0 aromatic carbocycles. The van der Waals surface area contributed by atoms with Gasteiger partial charge in [-0.1, -0.05) is 20.8 Å². The van der Waals surface area contributed by atoms with E-state index >= 15 is 0 Å². The first-order valence-corrected chi connectivity index (χ1v) is 9.23. The van der Waals surface area contributed by atoms with E-state index in [1.165, 1.54) is 15.8 Å². The number of aromatic amines is 1. The van der Waals surface area contributed by atoms with Crippen molar-refractivity contribution in [2.24, 2.45) is 0 Å². The zero-order valence-corrected chi connectivity index (χ0v) is 15.8. The number of carbonyl (C=O) groups is 1. The van der Waals surface area contributed by atoms with E-state index in [-0.39, 0.29) is 16.9 Å². The highest BCUT2D eigenvalue weighted by molar-refractivity contribution is 7.12. The van der Waals surface area contributed by atoms with Crippen molar-refractivity contribution in [2.75, 3.05) is 6.54 Å². The summed E-state index contributed by atoms with van der Waals surface area (Å²) in [6, 6.07) is 5.60. The number of rotatable bonds is 2. The highest BCUT2D eigenvalue weighted by atomic mass is 32.1. The van der Waals surface area contributed by atoms with Crippen molar-refractivity contribution in [1.29, 1.82) is 0 Å². The van der Waals surface area contributed by atoms with Gasteiger partial charge >= 0.3 is 6.09 Å². The van der Waals surface area contributed by atoms with Crippen LogP contribution in [0.3, 0.4) is 0 Å². The Labute approximate surface area is 150 Å². The predicted molar refractivity (Wildman–Crippen MR) is 96.4 cm³/mol. The number of nitrogens with zero attached hydrogens (tertiary/aromatic N) is 1. The van der Waals surface area contributed by atoms with Crippen LogP contribution in [0.5, 0.6) is 0 Å². The number of thiophene rings is 1. The second-order valence-electron chi connectivity index (χ2n) is 7.93. The zero-order valence-electron chi connectivity index (χ0n) is 15.0. The van der Waals surface area contributed by atoms with E-state index in [0.717, 1.165) is 4.88 Å². The van der Waals surface area contributed by atoms with Gasteiger partial charge in [-0.2, -0.15) is 5.16 Å². The van der Waals surface area contributed by atoms with Crippen molar-refractivity contribution in [2.45, 2.75) is 57.4 Å². The van der Waals surface area contributed by atoms with Crippen LogP contribution in [0.4, 0.5) is 4.79 Å². The van der Waals surface area contributed by atoms with Gasteiger partial charge in [-0.25, -0.2) is 4.79 Å². The van der Waals surface area contributed by atoms with Crippen LogP contribution in [0.25, 0.3) is 0 Å². The molecule has 25 heavy (non-hydrogen) atoms. The third-order valence-electron chi connectivity index (χ3n) is 4.99. The maximum atomic E-state index is 11.8. The molecule has 0 bridgehead atoms. The minimum absolute atomic E-state index is 0.0136. The smallest absolute Gasteiger partial charge is 0.408 e. The molecule has 0 aliphatic carbocycles. The fourth-order valence-electron chi connectivity index (χ4n) is 3.54. The monoisotopic (exact) mass is 364 g/mol. The molecule has 0 unspecified atom stereocenters. The molecule has 1 aliphatic heterocycles. The van der Waals surface area contributed by atoms with Gasteiger partial charge < -0.3 is 9.63 Å². The number of amides is 1. The van der Waals surface area contributed by atoms with Crippen LogP contribution >= 0.6 is 11.3 Å². The van der Waals surface area contributed by atoms with Gasteiger partial charge in [0.25, 0.3) is 5.56 Å². The molecule has 7 heteroatoms. The van der Waals surface area contributed by atoms with Crippen molar-refractivity contribution < 1.29 is 14.4 Å². The van der Waals surface area contributed by atoms with E-state index in [4.69, 9.17) is 4.52 Å². The van der Waals surface area contributed by atoms with Crippen molar-refractivity contribution >= 4 is 17.4 Å². The maximum Gasteiger partial charge on any atom is 0.408 e. The van der Waals surface area contributed by atoms with Crippen molar-refractivity contribution in [3.8, 4) is 0 Å². The summed E-state index contributed by atoms with van der Waals surface area (Å²) in [5, 5.41) is 12.0. The predicted octanol–water partition coefficient (Wildman–Crippen LogP) is 4.10. The molecule has 1 aliphatic rings. The van der Waals surface area contributed by atoms with Crippen LogP contribution in [0.2, 0.25) is 0 Å². The standard InChI is InChI=1S/C18H24N2O4S/c1-17(2,3)13-5-6-14(25-13)18(4)10-11(7-8-20(18)16(22)23)12-9-15(21)19-24-12/h5-6,9,11H,7-8,10H2,1-4H3,(H,19,21)(H,22,23)/t11-,18+/m0/s1. The van der Waals surface area contributed by atoms with Crippen LogP contribution in [-0.4, -0.2) is 27.8 Å². The molecule has 1 amide bonds. The summed E-state index contributed by atoms with van der Waals surface area (Å²) < 4.78 is 5.29. The average Bonchev–Trinajstić information content (AvgIpc) is 3.15. The number of piperidine rings is 1. The van der Waals surface area contributed by atoms with Crippen LogP contribution < -0.4 is 5.56 Å². The first-order chi connectivity index (χ1) is 11.6. The zero-order chi connectivity index (χ0) is 18.4. The summed E-state index contributed by atoms with van der Waals surface area (Å²) in [5.41, 5.74) is -0.878. The summed E-state index contributed by atoms with van der Waals surface area (Å²) >= 11 is 1.66. The van der Waals surface area contributed by atoms with E-state index in [1.54, 1.807) is 11.3 Å². The minimum atomic E-state index is -0.915. The van der Waals surface area contributed by atoms with Gasteiger partial charge in [-0.3, -0.25) is 9.69 Å². The molecule has 2 atom stereocenters. The Balaban J connectivity index is 1.99. The lowest BCUT2D eigenvalue weighted by Crippen LogP contribution is -2.51. The summed E-state index contributed by atoms with van der Waals surface area (Å²) in [7, 11) is 0. The molecule has 2 aromatic rings. The number of likely N-dealkylation sites (tertiary alicyclic amines) is 1. The Kier molecular flexibility index (Phi) is 4.31. The van der Waals surface area contributed by atoms with Crippen LogP contribution in [0.1, 0.15) is 62.0 Å². The van der Waals surface area contributed by atoms with Crippen molar-refractivity contribution in [3.63, 3.8) is 0 Å². The number of hydrogen-bond donors (Lipinski definition) is 2. The second kappa shape index (κ2) is 6.05. The molecule has 136 valence electrons.